The molecule has 1 fully saturated rings. The van der Waals surface area contributed by atoms with Gasteiger partial charge >= 0.3 is 0 Å². The number of hydrogen-bond acceptors (Lipinski definition) is 4. The number of anilines is 2. The van der Waals surface area contributed by atoms with E-state index in [0.717, 1.165) is 0 Å². The van der Waals surface area contributed by atoms with Gasteiger partial charge in [-0.3, -0.25) is 9.59 Å². The van der Waals surface area contributed by atoms with E-state index in [2.05, 4.69) is 10.6 Å². The number of rotatable bonds is 8. The van der Waals surface area contributed by atoms with Gasteiger partial charge in [-0.1, -0.05) is 34.8 Å². The maximum atomic E-state index is 12.9. The predicted molar refractivity (Wildman–Crippen MR) is 143 cm³/mol. The molecule has 10 heteroatoms. The SMILES string of the molecule is COc1ccc(NC(=O)c2cc(NCC(=O)C3C(c4cc(Cl)cc(Cl)c4)C3(Cl)Cl)ccc2Cl)cc1. The van der Waals surface area contributed by atoms with Gasteiger partial charge in [-0.25, -0.2) is 0 Å². The second kappa shape index (κ2) is 10.5. The molecule has 2 N–H and O–H groups in total. The van der Waals surface area contributed by atoms with Crippen molar-refractivity contribution in [3.8, 4) is 5.75 Å². The van der Waals surface area contributed by atoms with Crippen LogP contribution < -0.4 is 15.4 Å². The van der Waals surface area contributed by atoms with Crippen LogP contribution in [-0.2, 0) is 4.79 Å². The van der Waals surface area contributed by atoms with Crippen LogP contribution in [0.5, 0.6) is 5.75 Å². The molecule has 2 atom stereocenters. The number of benzene rings is 3. The second-order valence-corrected chi connectivity index (χ2v) is 10.8. The monoisotopic (exact) mass is 570 g/mol. The summed E-state index contributed by atoms with van der Waals surface area (Å²) in [4.78, 5) is 25.7. The third kappa shape index (κ3) is 5.82. The molecule has 0 aliphatic heterocycles. The molecule has 5 nitrogen and oxygen atoms in total. The Hall–Kier alpha value is -2.15. The van der Waals surface area contributed by atoms with Crippen molar-refractivity contribution in [1.82, 2.24) is 0 Å². The molecule has 1 aliphatic carbocycles. The van der Waals surface area contributed by atoms with Crippen LogP contribution in [0.15, 0.2) is 60.7 Å². The molecule has 0 aromatic heterocycles. The zero-order chi connectivity index (χ0) is 25.3. The molecular weight excluding hydrogens is 554 g/mol. The minimum atomic E-state index is -1.25. The summed E-state index contributed by atoms with van der Waals surface area (Å²) in [5.74, 6) is -0.956. The molecule has 182 valence electrons. The highest BCUT2D eigenvalue weighted by molar-refractivity contribution is 6.53. The quantitative estimate of drug-likeness (QED) is 0.275. The van der Waals surface area contributed by atoms with Gasteiger partial charge in [0, 0.05) is 27.3 Å². The maximum absolute atomic E-state index is 12.9. The Morgan fingerprint density at radius 1 is 0.914 bits per heavy atom. The van der Waals surface area contributed by atoms with Crippen molar-refractivity contribution in [2.45, 2.75) is 10.3 Å². The van der Waals surface area contributed by atoms with Crippen LogP contribution in [-0.4, -0.2) is 29.7 Å². The highest BCUT2D eigenvalue weighted by atomic mass is 35.5. The van der Waals surface area contributed by atoms with Crippen molar-refractivity contribution in [2.75, 3.05) is 24.3 Å². The topological polar surface area (TPSA) is 67.4 Å². The second-order valence-electron chi connectivity index (χ2n) is 8.03. The van der Waals surface area contributed by atoms with Crippen LogP contribution in [0.1, 0.15) is 21.8 Å². The first-order chi connectivity index (χ1) is 16.6. The molecule has 0 heterocycles. The van der Waals surface area contributed by atoms with Crippen LogP contribution in [0.2, 0.25) is 15.1 Å². The largest absolute Gasteiger partial charge is 0.497 e. The number of nitrogens with one attached hydrogen (secondary N) is 2. The highest BCUT2D eigenvalue weighted by Crippen LogP contribution is 2.65. The normalized spacial score (nSPS) is 18.0. The molecular formula is C25H19Cl5N2O3. The van der Waals surface area contributed by atoms with E-state index in [9.17, 15) is 9.59 Å². The fourth-order valence-electron chi connectivity index (χ4n) is 3.88. The number of Topliss-reactive ketones (excluding diaryl/α,β-unsaturated/α-hetero) is 1. The predicted octanol–water partition coefficient (Wildman–Crippen LogP) is 7.48. The van der Waals surface area contributed by atoms with E-state index in [0.29, 0.717) is 32.7 Å². The van der Waals surface area contributed by atoms with Crippen LogP contribution in [0.3, 0.4) is 0 Å². The van der Waals surface area contributed by atoms with E-state index in [1.165, 1.54) is 0 Å². The number of alkyl halides is 2. The fourth-order valence-corrected chi connectivity index (χ4v) is 5.50. The number of carbonyl (C=O) groups is 2. The zero-order valence-electron chi connectivity index (χ0n) is 18.2. The number of halogens is 5. The lowest BCUT2D eigenvalue weighted by atomic mass is 10.1. The van der Waals surface area contributed by atoms with Gasteiger partial charge in [-0.05, 0) is 66.2 Å². The Labute approximate surface area is 227 Å². The molecule has 0 saturated heterocycles. The molecule has 0 radical (unpaired) electrons. The summed E-state index contributed by atoms with van der Waals surface area (Å²) in [6.07, 6.45) is 0. The van der Waals surface area contributed by atoms with E-state index in [1.54, 1.807) is 67.8 Å². The van der Waals surface area contributed by atoms with Crippen LogP contribution in [0, 0.1) is 5.92 Å². The van der Waals surface area contributed by atoms with E-state index in [1.807, 2.05) is 0 Å². The zero-order valence-corrected chi connectivity index (χ0v) is 22.0. The van der Waals surface area contributed by atoms with Gasteiger partial charge in [0.1, 0.15) is 10.1 Å². The minimum absolute atomic E-state index is 0.0438. The van der Waals surface area contributed by atoms with Crippen LogP contribution in [0.4, 0.5) is 11.4 Å². The highest BCUT2D eigenvalue weighted by Gasteiger charge is 2.67. The summed E-state index contributed by atoms with van der Waals surface area (Å²) in [5, 5.41) is 6.96. The van der Waals surface area contributed by atoms with Gasteiger partial charge in [0.2, 0.25) is 0 Å². The molecule has 0 spiro atoms. The molecule has 0 bridgehead atoms. The van der Waals surface area contributed by atoms with Crippen molar-refractivity contribution in [2.24, 2.45) is 5.92 Å². The molecule has 35 heavy (non-hydrogen) atoms. The van der Waals surface area contributed by atoms with Gasteiger partial charge in [-0.2, -0.15) is 0 Å². The van der Waals surface area contributed by atoms with Gasteiger partial charge < -0.3 is 15.4 Å². The molecule has 3 aromatic rings. The molecule has 3 aromatic carbocycles. The lowest BCUT2D eigenvalue weighted by Crippen LogP contribution is -2.19. The smallest absolute Gasteiger partial charge is 0.257 e. The Balaban J connectivity index is 1.42. The van der Waals surface area contributed by atoms with E-state index in [4.69, 9.17) is 62.7 Å². The van der Waals surface area contributed by atoms with Crippen LogP contribution >= 0.6 is 58.0 Å². The standard InChI is InChI=1S/C25H19Cl5N2O3/c1-35-18-5-2-16(3-6-18)32-24(34)19-11-17(4-7-20(19)28)31-12-21(33)23-22(25(23,29)30)13-8-14(26)10-15(27)9-13/h2-11,22-23,31H,12H2,1H3,(H,32,34). The van der Waals surface area contributed by atoms with Crippen molar-refractivity contribution >= 4 is 81.1 Å². The summed E-state index contributed by atoms with van der Waals surface area (Å²) in [7, 11) is 1.56. The van der Waals surface area contributed by atoms with Crippen LogP contribution in [0.25, 0.3) is 0 Å². The van der Waals surface area contributed by atoms with E-state index in [-0.39, 0.29) is 22.9 Å². The Morgan fingerprint density at radius 2 is 1.54 bits per heavy atom. The van der Waals surface area contributed by atoms with Gasteiger partial charge in [-0.15, -0.1) is 23.2 Å². The molecule has 2 unspecified atom stereocenters. The average molecular weight is 573 g/mol. The third-order valence-corrected chi connectivity index (χ3v) is 7.38. The van der Waals surface area contributed by atoms with Crippen molar-refractivity contribution in [3.05, 3.63) is 86.9 Å². The lowest BCUT2D eigenvalue weighted by molar-refractivity contribution is -0.118. The summed E-state index contributed by atoms with van der Waals surface area (Å²) in [5.41, 5.74) is 2.08. The van der Waals surface area contributed by atoms with Crippen molar-refractivity contribution < 1.29 is 14.3 Å². The number of amides is 1. The van der Waals surface area contributed by atoms with Gasteiger partial charge in [0.25, 0.3) is 5.91 Å². The number of methoxy groups -OCH3 is 1. The minimum Gasteiger partial charge on any atom is -0.497 e. The maximum Gasteiger partial charge on any atom is 0.257 e. The first-order valence-electron chi connectivity index (χ1n) is 10.5. The Morgan fingerprint density at radius 3 is 2.17 bits per heavy atom. The van der Waals surface area contributed by atoms with Crippen molar-refractivity contribution in [3.63, 3.8) is 0 Å². The first kappa shape index (κ1) is 25.9. The summed E-state index contributed by atoms with van der Waals surface area (Å²) < 4.78 is 3.86. The van der Waals surface area contributed by atoms with E-state index < -0.39 is 22.1 Å². The number of hydrogen-bond donors (Lipinski definition) is 2. The third-order valence-electron chi connectivity index (χ3n) is 5.67. The fraction of sp³-hybridized carbons (Fsp3) is 0.200. The van der Waals surface area contributed by atoms with Gasteiger partial charge in [0.15, 0.2) is 5.78 Å². The summed E-state index contributed by atoms with van der Waals surface area (Å²) in [6.45, 7) is -0.0438. The van der Waals surface area contributed by atoms with E-state index >= 15 is 0 Å². The molecule has 1 aliphatic rings. The molecule has 4 rings (SSSR count). The first-order valence-corrected chi connectivity index (χ1v) is 12.3. The average Bonchev–Trinajstić information content (AvgIpc) is 3.40. The Kier molecular flexibility index (Phi) is 7.74. The van der Waals surface area contributed by atoms with Gasteiger partial charge in [0.05, 0.1) is 30.2 Å². The number of ether oxygens (including phenoxy) is 1. The van der Waals surface area contributed by atoms with Crippen molar-refractivity contribution in [1.29, 1.82) is 0 Å². The number of ketones is 1. The number of carbonyl (C=O) groups excluding carboxylic acids is 2. The summed E-state index contributed by atoms with van der Waals surface area (Å²) in [6, 6.07) is 16.7. The molecule has 1 amide bonds. The summed E-state index contributed by atoms with van der Waals surface area (Å²) >= 11 is 31.3. The Bertz CT molecular complexity index is 1260. The lowest BCUT2D eigenvalue weighted by Gasteiger charge is -2.11. The molecule has 1 saturated carbocycles.